The molecular formula is C18H15NO12S3. The van der Waals surface area contributed by atoms with E-state index in [1.54, 1.807) is 0 Å². The molecule has 3 rings (SSSR count). The van der Waals surface area contributed by atoms with Crippen LogP contribution in [0.5, 0.6) is 11.5 Å². The lowest BCUT2D eigenvalue weighted by Crippen LogP contribution is -2.27. The van der Waals surface area contributed by atoms with Crippen molar-refractivity contribution < 1.29 is 54.5 Å². The highest BCUT2D eigenvalue weighted by Crippen LogP contribution is 2.40. The Morgan fingerprint density at radius 1 is 0.765 bits per heavy atom. The molecule has 34 heavy (non-hydrogen) atoms. The number of nitrogens with zero attached hydrogens (tertiary/aromatic N) is 1. The fourth-order valence-electron chi connectivity index (χ4n) is 3.10. The summed E-state index contributed by atoms with van der Waals surface area (Å²) < 4.78 is 92.1. The first-order valence-electron chi connectivity index (χ1n) is 8.75. The second-order valence-corrected chi connectivity index (χ2v) is 11.7. The number of phenols is 2. The lowest BCUT2D eigenvalue weighted by molar-refractivity contribution is 0.0693. The number of hydrogen-bond acceptors (Lipinski definition) is 9. The van der Waals surface area contributed by atoms with Gasteiger partial charge in [0.2, 0.25) is 0 Å². The van der Waals surface area contributed by atoms with Crippen LogP contribution in [0.15, 0.2) is 57.2 Å². The summed E-state index contributed by atoms with van der Waals surface area (Å²) in [5, 5.41) is 28.4. The number of aromatic carboxylic acids is 1. The Bertz CT molecular complexity index is 1670. The summed E-state index contributed by atoms with van der Waals surface area (Å²) in [6.45, 7) is 0. The van der Waals surface area contributed by atoms with Crippen molar-refractivity contribution in [3.63, 3.8) is 0 Å². The average molecular weight is 534 g/mol. The Morgan fingerprint density at radius 3 is 1.79 bits per heavy atom. The predicted octanol–water partition coefficient (Wildman–Crippen LogP) is 1.27. The van der Waals surface area contributed by atoms with Gasteiger partial charge in [0.25, 0.3) is 30.3 Å². The molecule has 182 valence electrons. The van der Waals surface area contributed by atoms with Crippen LogP contribution in [-0.2, 0) is 30.3 Å². The summed E-state index contributed by atoms with van der Waals surface area (Å²) in [7, 11) is -13.6. The van der Waals surface area contributed by atoms with Crippen molar-refractivity contribution in [3.8, 4) is 11.5 Å². The van der Waals surface area contributed by atoms with Gasteiger partial charge in [-0.25, -0.2) is 13.2 Å². The number of rotatable bonds is 6. The van der Waals surface area contributed by atoms with Crippen LogP contribution in [0, 0.1) is 0 Å². The molecule has 0 saturated carbocycles. The number of sulfonamides is 1. The van der Waals surface area contributed by atoms with Gasteiger partial charge in [-0.1, -0.05) is 0 Å². The molecule has 0 aliphatic carbocycles. The molecule has 0 bridgehead atoms. The highest BCUT2D eigenvalue weighted by Gasteiger charge is 2.28. The van der Waals surface area contributed by atoms with Gasteiger partial charge in [0.15, 0.2) is 0 Å². The van der Waals surface area contributed by atoms with E-state index in [4.69, 9.17) is 5.11 Å². The molecule has 0 spiro atoms. The monoisotopic (exact) mass is 533 g/mol. The Labute approximate surface area is 192 Å². The van der Waals surface area contributed by atoms with Gasteiger partial charge in [0, 0.05) is 18.5 Å². The number of carbonyl (C=O) groups is 1. The zero-order chi connectivity index (χ0) is 25.8. The molecular weight excluding hydrogens is 518 g/mol. The maximum Gasteiger partial charge on any atom is 0.339 e. The molecule has 0 radical (unpaired) electrons. The van der Waals surface area contributed by atoms with Crippen molar-refractivity contribution in [1.29, 1.82) is 0 Å². The zero-order valence-corrected chi connectivity index (χ0v) is 19.3. The van der Waals surface area contributed by atoms with Crippen LogP contribution in [0.25, 0.3) is 10.8 Å². The number of carboxylic acid groups (broad SMARTS) is 1. The molecule has 0 atom stereocenters. The van der Waals surface area contributed by atoms with E-state index in [1.165, 1.54) is 0 Å². The Balaban J connectivity index is 2.37. The lowest BCUT2D eigenvalue weighted by atomic mass is 10.1. The maximum atomic E-state index is 13.2. The molecule has 0 amide bonds. The minimum Gasteiger partial charge on any atom is -0.507 e. The van der Waals surface area contributed by atoms with E-state index in [9.17, 15) is 49.4 Å². The lowest BCUT2D eigenvalue weighted by Gasteiger charge is -2.23. The molecule has 13 nitrogen and oxygen atoms in total. The van der Waals surface area contributed by atoms with Crippen LogP contribution in [0.4, 0.5) is 5.69 Å². The molecule has 16 heteroatoms. The number of aromatic hydroxyl groups is 2. The summed E-state index contributed by atoms with van der Waals surface area (Å²) in [5.74, 6) is -3.21. The van der Waals surface area contributed by atoms with E-state index >= 15 is 0 Å². The van der Waals surface area contributed by atoms with Crippen LogP contribution in [-0.4, -0.2) is 62.7 Å². The van der Waals surface area contributed by atoms with Crippen molar-refractivity contribution in [2.24, 2.45) is 0 Å². The zero-order valence-electron chi connectivity index (χ0n) is 16.8. The molecule has 0 aliphatic rings. The van der Waals surface area contributed by atoms with Crippen LogP contribution in [0.3, 0.4) is 0 Å². The molecule has 0 unspecified atom stereocenters. The summed E-state index contributed by atoms with van der Waals surface area (Å²) in [5.41, 5.74) is -1.29. The number of phenolic OH excluding ortho intramolecular Hbond substituents is 1. The van der Waals surface area contributed by atoms with E-state index in [-0.39, 0.29) is 10.8 Å². The molecule has 0 saturated heterocycles. The second kappa shape index (κ2) is 8.10. The van der Waals surface area contributed by atoms with E-state index in [0.29, 0.717) is 22.5 Å². The molecule has 3 aromatic carbocycles. The second-order valence-electron chi connectivity index (χ2n) is 6.89. The number of anilines is 1. The normalized spacial score (nSPS) is 12.6. The third-order valence-electron chi connectivity index (χ3n) is 4.75. The standard InChI is InChI=1S/C18H15NO12S3/c1-19(32(24,25)10-2-3-15(20)13(6-10)18(22)23)14-7-11(33(26,27)28)4-9-5-12(34(29,30)31)8-16(21)17(9)14/h2-8,20-21H,1H3,(H,22,23)(H,26,27,28)(H,29,30,31). The third-order valence-corrected chi connectivity index (χ3v) is 8.18. The Hall–Kier alpha value is -3.44. The topological polar surface area (TPSA) is 224 Å². The fourth-order valence-corrected chi connectivity index (χ4v) is 5.40. The number of fused-ring (bicyclic) bond motifs is 1. The highest BCUT2D eigenvalue weighted by molar-refractivity contribution is 7.92. The minimum atomic E-state index is -4.97. The van der Waals surface area contributed by atoms with Crippen molar-refractivity contribution in [2.75, 3.05) is 11.4 Å². The van der Waals surface area contributed by atoms with E-state index in [1.807, 2.05) is 0 Å². The van der Waals surface area contributed by atoms with Gasteiger partial charge < -0.3 is 15.3 Å². The van der Waals surface area contributed by atoms with Crippen molar-refractivity contribution in [2.45, 2.75) is 14.7 Å². The molecule has 0 aromatic heterocycles. The van der Waals surface area contributed by atoms with Gasteiger partial charge in [-0.2, -0.15) is 16.8 Å². The Morgan fingerprint density at radius 2 is 1.29 bits per heavy atom. The molecule has 0 aliphatic heterocycles. The van der Waals surface area contributed by atoms with Crippen LogP contribution >= 0.6 is 0 Å². The first-order valence-corrected chi connectivity index (χ1v) is 13.1. The number of hydrogen-bond donors (Lipinski definition) is 5. The first-order chi connectivity index (χ1) is 15.4. The summed E-state index contributed by atoms with van der Waals surface area (Å²) in [6, 6.07) is 5.09. The van der Waals surface area contributed by atoms with E-state index in [0.717, 1.165) is 31.3 Å². The average Bonchev–Trinajstić information content (AvgIpc) is 2.70. The molecule has 0 heterocycles. The Kier molecular flexibility index (Phi) is 6.00. The van der Waals surface area contributed by atoms with Gasteiger partial charge in [-0.05, 0) is 41.8 Å². The smallest absolute Gasteiger partial charge is 0.339 e. The van der Waals surface area contributed by atoms with Crippen molar-refractivity contribution in [1.82, 2.24) is 0 Å². The quantitative estimate of drug-likeness (QED) is 0.282. The van der Waals surface area contributed by atoms with Crippen molar-refractivity contribution in [3.05, 3.63) is 48.0 Å². The van der Waals surface area contributed by atoms with Gasteiger partial charge in [0.1, 0.15) is 17.1 Å². The minimum absolute atomic E-state index is 0.372. The fraction of sp³-hybridized carbons (Fsp3) is 0.0556. The van der Waals surface area contributed by atoms with Gasteiger partial charge >= 0.3 is 5.97 Å². The summed E-state index contributed by atoms with van der Waals surface area (Å²) >= 11 is 0. The molecule has 5 N–H and O–H groups in total. The first kappa shape index (κ1) is 25.2. The summed E-state index contributed by atoms with van der Waals surface area (Å²) in [6.07, 6.45) is 0. The largest absolute Gasteiger partial charge is 0.507 e. The maximum absolute atomic E-state index is 13.2. The molecule has 3 aromatic rings. The van der Waals surface area contributed by atoms with E-state index in [2.05, 4.69) is 0 Å². The molecule has 0 fully saturated rings. The highest BCUT2D eigenvalue weighted by atomic mass is 32.2. The third kappa shape index (κ3) is 4.48. The SMILES string of the molecule is CN(c1cc(S(=O)(=O)O)cc2cc(S(=O)(=O)O)cc(O)c12)S(=O)(=O)c1ccc(O)c(C(=O)O)c1. The van der Waals surface area contributed by atoms with Gasteiger partial charge in [0.05, 0.1) is 20.4 Å². The van der Waals surface area contributed by atoms with Crippen LogP contribution in [0.2, 0.25) is 0 Å². The predicted molar refractivity (Wildman–Crippen MR) is 116 cm³/mol. The number of benzene rings is 3. The van der Waals surface area contributed by atoms with Crippen molar-refractivity contribution >= 4 is 52.7 Å². The van der Waals surface area contributed by atoms with E-state index < -0.39 is 73.7 Å². The summed E-state index contributed by atoms with van der Waals surface area (Å²) in [4.78, 5) is 8.91. The van der Waals surface area contributed by atoms with Crippen LogP contribution in [0.1, 0.15) is 10.4 Å². The number of carboxylic acids is 1. The van der Waals surface area contributed by atoms with Gasteiger partial charge in [-0.3, -0.25) is 13.4 Å². The van der Waals surface area contributed by atoms with Gasteiger partial charge in [-0.15, -0.1) is 0 Å². The van der Waals surface area contributed by atoms with Crippen LogP contribution < -0.4 is 4.31 Å².